The molecule has 0 saturated heterocycles. The van der Waals surface area contributed by atoms with Crippen molar-refractivity contribution in [2.45, 2.75) is 58.3 Å². The maximum absolute atomic E-state index is 2.54. The summed E-state index contributed by atoms with van der Waals surface area (Å²) in [5.74, 6) is 1.75. The molecule has 2 aromatic rings. The van der Waals surface area contributed by atoms with E-state index in [1.54, 1.807) is 11.1 Å². The topological polar surface area (TPSA) is 0 Å². The molecule has 1 saturated carbocycles. The highest BCUT2D eigenvalue weighted by molar-refractivity contribution is 5.85. The molecule has 3 aliphatic carbocycles. The normalized spacial score (nSPS) is 30.4. The van der Waals surface area contributed by atoms with Crippen molar-refractivity contribution < 1.29 is 0 Å². The Kier molecular flexibility index (Phi) is 3.37. The largest absolute Gasteiger partial charge is 0.0851 e. The van der Waals surface area contributed by atoms with Crippen molar-refractivity contribution in [3.05, 3.63) is 59.2 Å². The molecular formula is C24H28. The first-order valence-corrected chi connectivity index (χ1v) is 9.98. The van der Waals surface area contributed by atoms with Crippen molar-refractivity contribution in [1.82, 2.24) is 0 Å². The molecule has 0 amide bonds. The number of hydrogen-bond donors (Lipinski definition) is 0. The lowest BCUT2D eigenvalue weighted by Crippen LogP contribution is -2.32. The maximum Gasteiger partial charge on any atom is -0.0168 e. The summed E-state index contributed by atoms with van der Waals surface area (Å²) in [5, 5.41) is 2.91. The third kappa shape index (κ3) is 2.26. The van der Waals surface area contributed by atoms with Gasteiger partial charge in [-0.25, -0.2) is 0 Å². The first-order chi connectivity index (χ1) is 11.8. The van der Waals surface area contributed by atoms with Crippen molar-refractivity contribution in [1.29, 1.82) is 0 Å². The Hall–Kier alpha value is -1.56. The van der Waals surface area contributed by atoms with Gasteiger partial charge in [0, 0.05) is 0 Å². The van der Waals surface area contributed by atoms with Crippen LogP contribution in [0, 0.1) is 17.3 Å². The van der Waals surface area contributed by atoms with Gasteiger partial charge in [0.05, 0.1) is 0 Å². The highest BCUT2D eigenvalue weighted by atomic mass is 14.5. The summed E-state index contributed by atoms with van der Waals surface area (Å²) in [7, 11) is 0. The maximum atomic E-state index is 2.54. The Morgan fingerprint density at radius 1 is 1.04 bits per heavy atom. The van der Waals surface area contributed by atoms with Gasteiger partial charge in [0.25, 0.3) is 0 Å². The summed E-state index contributed by atoms with van der Waals surface area (Å²) in [6.07, 6.45) is 15.7. The van der Waals surface area contributed by atoms with Gasteiger partial charge in [0.15, 0.2) is 0 Å². The molecule has 24 heavy (non-hydrogen) atoms. The predicted octanol–water partition coefficient (Wildman–Crippen LogP) is 6.25. The lowest BCUT2D eigenvalue weighted by Gasteiger charge is -2.40. The second kappa shape index (κ2) is 5.48. The Bertz CT molecular complexity index is 812. The molecule has 1 spiro atoms. The summed E-state index contributed by atoms with van der Waals surface area (Å²) >= 11 is 0. The van der Waals surface area contributed by atoms with E-state index in [0.717, 1.165) is 11.8 Å². The van der Waals surface area contributed by atoms with Crippen molar-refractivity contribution in [3.8, 4) is 0 Å². The summed E-state index contributed by atoms with van der Waals surface area (Å²) < 4.78 is 0. The third-order valence-electron chi connectivity index (χ3n) is 7.10. The summed E-state index contributed by atoms with van der Waals surface area (Å²) in [4.78, 5) is 0. The minimum atomic E-state index is 0.597. The molecule has 124 valence electrons. The van der Waals surface area contributed by atoms with Crippen molar-refractivity contribution >= 4 is 10.8 Å². The van der Waals surface area contributed by atoms with E-state index in [2.05, 4.69) is 49.4 Å². The van der Waals surface area contributed by atoms with Crippen LogP contribution >= 0.6 is 0 Å². The van der Waals surface area contributed by atoms with Crippen LogP contribution in [-0.2, 0) is 19.3 Å². The Balaban J connectivity index is 1.50. The number of aryl methyl sites for hydroxylation is 2. The van der Waals surface area contributed by atoms with Gasteiger partial charge < -0.3 is 0 Å². The Morgan fingerprint density at radius 3 is 2.75 bits per heavy atom. The van der Waals surface area contributed by atoms with Gasteiger partial charge in [-0.3, -0.25) is 0 Å². The van der Waals surface area contributed by atoms with E-state index in [-0.39, 0.29) is 0 Å². The highest BCUT2D eigenvalue weighted by Crippen LogP contribution is 2.57. The fraction of sp³-hybridized carbons (Fsp3) is 0.500. The van der Waals surface area contributed by atoms with Gasteiger partial charge in [-0.15, -0.1) is 0 Å². The summed E-state index contributed by atoms with van der Waals surface area (Å²) in [6.45, 7) is 2.28. The monoisotopic (exact) mass is 316 g/mol. The molecule has 1 fully saturated rings. The number of benzene rings is 2. The average Bonchev–Trinajstić information content (AvgIpc) is 3.19. The lowest BCUT2D eigenvalue weighted by atomic mass is 9.64. The molecule has 0 aliphatic heterocycles. The molecule has 0 aromatic heterocycles. The zero-order chi connectivity index (χ0) is 16.1. The van der Waals surface area contributed by atoms with Gasteiger partial charge in [0.2, 0.25) is 0 Å². The molecule has 0 N–H and O–H groups in total. The van der Waals surface area contributed by atoms with E-state index < -0.39 is 0 Å². The van der Waals surface area contributed by atoms with Crippen molar-refractivity contribution in [2.24, 2.45) is 17.3 Å². The minimum absolute atomic E-state index is 0.597. The Morgan fingerprint density at radius 2 is 1.96 bits per heavy atom. The molecular weight excluding hydrogens is 288 g/mol. The van der Waals surface area contributed by atoms with Crippen LogP contribution in [0.2, 0.25) is 0 Å². The van der Waals surface area contributed by atoms with Crippen LogP contribution in [0.4, 0.5) is 0 Å². The van der Waals surface area contributed by atoms with Gasteiger partial charge in [0.1, 0.15) is 0 Å². The van der Waals surface area contributed by atoms with Gasteiger partial charge >= 0.3 is 0 Å². The molecule has 3 aliphatic rings. The first kappa shape index (κ1) is 14.8. The average molecular weight is 316 g/mol. The molecule has 0 heterocycles. The lowest BCUT2D eigenvalue weighted by molar-refractivity contribution is 0.195. The van der Waals surface area contributed by atoms with Crippen molar-refractivity contribution in [2.75, 3.05) is 0 Å². The SMILES string of the molecule is CCCCc1ccc2cc3c(cc2c1)CC1(CC3)CC2C=CC1C2. The van der Waals surface area contributed by atoms with Crippen molar-refractivity contribution in [3.63, 3.8) is 0 Å². The fourth-order valence-corrected chi connectivity index (χ4v) is 5.77. The number of rotatable bonds is 3. The number of hydrogen-bond acceptors (Lipinski definition) is 0. The van der Waals surface area contributed by atoms with E-state index in [4.69, 9.17) is 0 Å². The molecule has 3 unspecified atom stereocenters. The standard InChI is InChI=1S/C24H28/c1-2-3-4-17-5-7-19-13-20-9-10-24(15-18-6-8-23(24)12-18)16-22(20)14-21(19)11-17/h5-8,11,13-14,18,23H,2-4,9-10,12,15-16H2,1H3. The molecule has 0 heteroatoms. The van der Waals surface area contributed by atoms with Crippen LogP contribution < -0.4 is 0 Å². The predicted molar refractivity (Wildman–Crippen MR) is 102 cm³/mol. The van der Waals surface area contributed by atoms with Crippen LogP contribution in [0.25, 0.3) is 10.8 Å². The molecule has 0 radical (unpaired) electrons. The van der Waals surface area contributed by atoms with E-state index in [1.807, 2.05) is 0 Å². The quantitative estimate of drug-likeness (QED) is 0.587. The van der Waals surface area contributed by atoms with Gasteiger partial charge in [-0.2, -0.15) is 0 Å². The molecule has 2 bridgehead atoms. The summed E-state index contributed by atoms with van der Waals surface area (Å²) in [6, 6.07) is 12.2. The first-order valence-electron chi connectivity index (χ1n) is 9.98. The molecule has 3 atom stereocenters. The number of fused-ring (bicyclic) bond motifs is 5. The van der Waals surface area contributed by atoms with Crippen LogP contribution in [0.1, 0.15) is 55.7 Å². The minimum Gasteiger partial charge on any atom is -0.0851 e. The van der Waals surface area contributed by atoms with Crippen LogP contribution in [0.5, 0.6) is 0 Å². The van der Waals surface area contributed by atoms with Gasteiger partial charge in [-0.1, -0.05) is 55.8 Å². The smallest absolute Gasteiger partial charge is 0.0168 e. The Labute approximate surface area is 146 Å². The third-order valence-corrected chi connectivity index (χ3v) is 7.10. The van der Waals surface area contributed by atoms with Crippen LogP contribution in [-0.4, -0.2) is 0 Å². The van der Waals surface area contributed by atoms with E-state index >= 15 is 0 Å². The molecule has 0 nitrogen and oxygen atoms in total. The number of unbranched alkanes of at least 4 members (excludes halogenated alkanes) is 1. The zero-order valence-electron chi connectivity index (χ0n) is 14.9. The second-order valence-electron chi connectivity index (χ2n) is 8.64. The fourth-order valence-electron chi connectivity index (χ4n) is 5.77. The second-order valence-corrected chi connectivity index (χ2v) is 8.64. The summed E-state index contributed by atoms with van der Waals surface area (Å²) in [5.41, 5.74) is 5.39. The molecule has 2 aromatic carbocycles. The van der Waals surface area contributed by atoms with Crippen LogP contribution in [0.15, 0.2) is 42.5 Å². The molecule has 5 rings (SSSR count). The number of allylic oxidation sites excluding steroid dienone is 2. The van der Waals surface area contributed by atoms with E-state index in [0.29, 0.717) is 5.41 Å². The van der Waals surface area contributed by atoms with E-state index in [9.17, 15) is 0 Å². The zero-order valence-corrected chi connectivity index (χ0v) is 14.9. The van der Waals surface area contributed by atoms with Gasteiger partial charge in [-0.05, 0) is 89.7 Å². The van der Waals surface area contributed by atoms with Crippen LogP contribution in [0.3, 0.4) is 0 Å². The van der Waals surface area contributed by atoms with E-state index in [1.165, 1.54) is 67.7 Å². The highest BCUT2D eigenvalue weighted by Gasteiger charge is 2.49.